The molecule has 2 aromatic rings. The highest BCUT2D eigenvalue weighted by molar-refractivity contribution is 8.00. The van der Waals surface area contributed by atoms with Gasteiger partial charge in [0, 0.05) is 5.41 Å². The van der Waals surface area contributed by atoms with Gasteiger partial charge < -0.3 is 11.2 Å². The number of nitrogens with one attached hydrogen (secondary N) is 1. The second-order valence-electron chi connectivity index (χ2n) is 6.97. The fourth-order valence-electron chi connectivity index (χ4n) is 2.25. The van der Waals surface area contributed by atoms with Crippen molar-refractivity contribution in [2.75, 3.05) is 5.84 Å². The predicted molar refractivity (Wildman–Crippen MR) is 97.1 cm³/mol. The zero-order valence-electron chi connectivity index (χ0n) is 15.1. The van der Waals surface area contributed by atoms with Gasteiger partial charge >= 0.3 is 0 Å². The maximum Gasteiger partial charge on any atom is 0.233 e. The van der Waals surface area contributed by atoms with E-state index in [1.807, 2.05) is 27.7 Å². The van der Waals surface area contributed by atoms with Crippen LogP contribution < -0.4 is 11.2 Å². The van der Waals surface area contributed by atoms with Gasteiger partial charge in [0.1, 0.15) is 5.82 Å². The molecule has 1 amide bonds. The maximum absolute atomic E-state index is 13.0. The number of hydrogen-bond acceptors (Lipinski definition) is 5. The van der Waals surface area contributed by atoms with Crippen LogP contribution in [-0.4, -0.2) is 26.0 Å². The summed E-state index contributed by atoms with van der Waals surface area (Å²) in [5.74, 6) is 6.25. The molecule has 1 aromatic heterocycles. The topological polar surface area (TPSA) is 85.8 Å². The van der Waals surface area contributed by atoms with Crippen LogP contribution in [0.15, 0.2) is 29.4 Å². The van der Waals surface area contributed by atoms with Crippen molar-refractivity contribution in [2.24, 2.45) is 0 Å². The van der Waals surface area contributed by atoms with E-state index in [1.165, 1.54) is 28.6 Å². The summed E-state index contributed by atoms with van der Waals surface area (Å²) >= 11 is 1.25. The molecule has 6 nitrogen and oxygen atoms in total. The molecule has 8 heteroatoms. The van der Waals surface area contributed by atoms with Crippen molar-refractivity contribution in [1.82, 2.24) is 20.2 Å². The average Bonchev–Trinajstić information content (AvgIpc) is 2.88. The lowest BCUT2D eigenvalue weighted by molar-refractivity contribution is -0.120. The van der Waals surface area contributed by atoms with E-state index in [0.29, 0.717) is 11.0 Å². The van der Waals surface area contributed by atoms with Crippen molar-refractivity contribution in [1.29, 1.82) is 0 Å². The Hall–Kier alpha value is -2.09. The van der Waals surface area contributed by atoms with Crippen LogP contribution in [0.4, 0.5) is 4.39 Å². The number of rotatable bonds is 5. The lowest BCUT2D eigenvalue weighted by Gasteiger charge is -2.18. The third-order valence-corrected chi connectivity index (χ3v) is 4.77. The van der Waals surface area contributed by atoms with E-state index in [9.17, 15) is 9.18 Å². The van der Waals surface area contributed by atoms with Crippen LogP contribution in [-0.2, 0) is 10.2 Å². The van der Waals surface area contributed by atoms with Crippen molar-refractivity contribution < 1.29 is 9.18 Å². The zero-order valence-corrected chi connectivity index (χ0v) is 15.9. The molecule has 0 aliphatic heterocycles. The Bertz CT molecular complexity index is 738. The first-order valence-electron chi connectivity index (χ1n) is 8.03. The molecule has 0 spiro atoms. The summed E-state index contributed by atoms with van der Waals surface area (Å²) in [6.07, 6.45) is 0. The summed E-state index contributed by atoms with van der Waals surface area (Å²) in [5.41, 5.74) is 0.604. The van der Waals surface area contributed by atoms with Crippen LogP contribution in [0.5, 0.6) is 0 Å². The standard InChI is InChI=1S/C17H24FN5OS/c1-10(12-6-8-13(18)9-7-12)20-14(24)11(2)25-16-22-21-15(23(16)19)17(3,4)5/h6-11H,19H2,1-5H3,(H,20,24). The molecule has 0 saturated carbocycles. The highest BCUT2D eigenvalue weighted by atomic mass is 32.2. The van der Waals surface area contributed by atoms with Crippen LogP contribution >= 0.6 is 11.8 Å². The van der Waals surface area contributed by atoms with E-state index in [-0.39, 0.29) is 23.2 Å². The number of aromatic nitrogens is 3. The lowest BCUT2D eigenvalue weighted by Crippen LogP contribution is -2.33. The molecule has 0 bridgehead atoms. The number of benzene rings is 1. The number of thioether (sulfide) groups is 1. The smallest absolute Gasteiger partial charge is 0.233 e. The molecule has 136 valence electrons. The van der Waals surface area contributed by atoms with Gasteiger partial charge in [0.25, 0.3) is 0 Å². The van der Waals surface area contributed by atoms with Gasteiger partial charge in [-0.3, -0.25) is 4.79 Å². The maximum atomic E-state index is 13.0. The molecular weight excluding hydrogens is 341 g/mol. The van der Waals surface area contributed by atoms with Crippen LogP contribution in [0.25, 0.3) is 0 Å². The highest BCUT2D eigenvalue weighted by Crippen LogP contribution is 2.26. The molecule has 2 rings (SSSR count). The van der Waals surface area contributed by atoms with Crippen molar-refractivity contribution in [3.05, 3.63) is 41.5 Å². The van der Waals surface area contributed by atoms with E-state index in [0.717, 1.165) is 5.56 Å². The molecule has 25 heavy (non-hydrogen) atoms. The van der Waals surface area contributed by atoms with E-state index >= 15 is 0 Å². The Labute approximate surface area is 151 Å². The Kier molecular flexibility index (Phi) is 5.72. The number of nitrogen functional groups attached to an aromatic ring is 1. The Balaban J connectivity index is 2.01. The van der Waals surface area contributed by atoms with Gasteiger partial charge in [0.2, 0.25) is 11.1 Å². The quantitative estimate of drug-likeness (QED) is 0.629. The summed E-state index contributed by atoms with van der Waals surface area (Å²) in [5, 5.41) is 11.2. The van der Waals surface area contributed by atoms with Gasteiger partial charge in [-0.15, -0.1) is 10.2 Å². The van der Waals surface area contributed by atoms with E-state index in [4.69, 9.17) is 5.84 Å². The number of nitrogens with two attached hydrogens (primary N) is 1. The Morgan fingerprint density at radius 3 is 2.36 bits per heavy atom. The Morgan fingerprint density at radius 1 is 1.24 bits per heavy atom. The number of nitrogens with zero attached hydrogens (tertiary/aromatic N) is 3. The van der Waals surface area contributed by atoms with E-state index in [2.05, 4.69) is 15.5 Å². The van der Waals surface area contributed by atoms with Gasteiger partial charge in [0.15, 0.2) is 5.82 Å². The van der Waals surface area contributed by atoms with Crippen LogP contribution in [0, 0.1) is 5.82 Å². The second kappa shape index (κ2) is 7.43. The van der Waals surface area contributed by atoms with Crippen LogP contribution in [0.2, 0.25) is 0 Å². The third kappa shape index (κ3) is 4.72. The molecule has 0 saturated heterocycles. The largest absolute Gasteiger partial charge is 0.349 e. The molecule has 0 aliphatic carbocycles. The summed E-state index contributed by atoms with van der Waals surface area (Å²) < 4.78 is 14.4. The first-order valence-corrected chi connectivity index (χ1v) is 8.91. The number of carbonyl (C=O) groups is 1. The molecule has 1 aromatic carbocycles. The van der Waals surface area contributed by atoms with Crippen molar-refractivity contribution >= 4 is 17.7 Å². The van der Waals surface area contributed by atoms with Crippen LogP contribution in [0.1, 0.15) is 52.0 Å². The van der Waals surface area contributed by atoms with E-state index < -0.39 is 5.25 Å². The minimum absolute atomic E-state index is 0.151. The fraction of sp³-hybridized carbons (Fsp3) is 0.471. The van der Waals surface area contributed by atoms with Gasteiger partial charge in [-0.1, -0.05) is 44.7 Å². The lowest BCUT2D eigenvalue weighted by atomic mass is 9.96. The molecule has 2 atom stereocenters. The fourth-order valence-corrected chi connectivity index (χ4v) is 3.03. The molecule has 3 N–H and O–H groups in total. The van der Waals surface area contributed by atoms with Gasteiger partial charge in [-0.2, -0.15) is 0 Å². The second-order valence-corrected chi connectivity index (χ2v) is 8.28. The molecule has 0 radical (unpaired) electrons. The average molecular weight is 365 g/mol. The van der Waals surface area contributed by atoms with E-state index in [1.54, 1.807) is 19.1 Å². The number of carbonyl (C=O) groups excluding carboxylic acids is 1. The molecule has 2 unspecified atom stereocenters. The first kappa shape index (κ1) is 19.2. The Morgan fingerprint density at radius 2 is 1.84 bits per heavy atom. The minimum atomic E-state index is -0.401. The van der Waals surface area contributed by atoms with Gasteiger partial charge in [-0.05, 0) is 31.5 Å². The van der Waals surface area contributed by atoms with Crippen LogP contribution in [0.3, 0.4) is 0 Å². The number of amides is 1. The summed E-state index contributed by atoms with van der Waals surface area (Å²) in [4.78, 5) is 12.4. The predicted octanol–water partition coefficient (Wildman–Crippen LogP) is 2.79. The zero-order chi connectivity index (χ0) is 18.8. The molecule has 0 aliphatic rings. The number of hydrogen-bond donors (Lipinski definition) is 2. The monoisotopic (exact) mass is 365 g/mol. The summed E-state index contributed by atoms with van der Waals surface area (Å²) in [6.45, 7) is 9.62. The third-order valence-electron chi connectivity index (χ3n) is 3.72. The normalized spacial score (nSPS) is 14.2. The summed E-state index contributed by atoms with van der Waals surface area (Å²) in [7, 11) is 0. The molecular formula is C17H24FN5OS. The highest BCUT2D eigenvalue weighted by Gasteiger charge is 2.25. The summed E-state index contributed by atoms with van der Waals surface area (Å²) in [6, 6.07) is 5.84. The van der Waals surface area contributed by atoms with Crippen molar-refractivity contribution in [3.8, 4) is 0 Å². The number of halogens is 1. The van der Waals surface area contributed by atoms with Gasteiger partial charge in [0.05, 0.1) is 11.3 Å². The first-order chi connectivity index (χ1) is 11.6. The van der Waals surface area contributed by atoms with Gasteiger partial charge in [-0.25, -0.2) is 9.07 Å². The SMILES string of the molecule is CC(Sc1nnc(C(C)(C)C)n1N)C(=O)NC(C)c1ccc(F)cc1. The molecule has 1 heterocycles. The van der Waals surface area contributed by atoms with Crippen molar-refractivity contribution in [2.45, 2.75) is 56.5 Å². The minimum Gasteiger partial charge on any atom is -0.349 e. The van der Waals surface area contributed by atoms with Crippen molar-refractivity contribution in [3.63, 3.8) is 0 Å². The molecule has 0 fully saturated rings.